The fourth-order valence-electron chi connectivity index (χ4n) is 2.23. The molecule has 2 N–H and O–H groups in total. The number of hydrogen-bond donors (Lipinski definition) is 2. The fourth-order valence-corrected chi connectivity index (χ4v) is 2.23. The molecular weight excluding hydrogens is 226 g/mol. The van der Waals surface area contributed by atoms with Crippen LogP contribution in [0.1, 0.15) is 30.3 Å². The predicted molar refractivity (Wildman–Crippen MR) is 71.4 cm³/mol. The summed E-state index contributed by atoms with van der Waals surface area (Å²) < 4.78 is 2.06. The van der Waals surface area contributed by atoms with Gasteiger partial charge in [0, 0.05) is 19.6 Å². The molecule has 1 unspecified atom stereocenters. The highest BCUT2D eigenvalue weighted by molar-refractivity contribution is 5.76. The summed E-state index contributed by atoms with van der Waals surface area (Å²) in [5.74, 6) is 0.993. The van der Waals surface area contributed by atoms with Gasteiger partial charge in [-0.25, -0.2) is 4.98 Å². The number of rotatable bonds is 4. The molecule has 1 saturated carbocycles. The fraction of sp³-hybridized carbons (Fsp3) is 0.500. The molecule has 1 fully saturated rings. The van der Waals surface area contributed by atoms with Crippen molar-refractivity contribution >= 4 is 11.0 Å². The van der Waals surface area contributed by atoms with Gasteiger partial charge in [0.15, 0.2) is 0 Å². The highest BCUT2D eigenvalue weighted by atomic mass is 16.3. The second kappa shape index (κ2) is 4.37. The molecule has 96 valence electrons. The van der Waals surface area contributed by atoms with Crippen LogP contribution in [-0.4, -0.2) is 27.2 Å². The zero-order valence-electron chi connectivity index (χ0n) is 10.8. The molecule has 1 aromatic heterocycles. The van der Waals surface area contributed by atoms with E-state index in [1.165, 1.54) is 12.8 Å². The second-order valence-electron chi connectivity index (χ2n) is 5.16. The van der Waals surface area contributed by atoms with Gasteiger partial charge in [-0.3, -0.25) is 0 Å². The maximum absolute atomic E-state index is 10.1. The molecule has 0 aliphatic heterocycles. The van der Waals surface area contributed by atoms with E-state index in [1.54, 1.807) is 0 Å². The van der Waals surface area contributed by atoms with Crippen LogP contribution in [0.15, 0.2) is 18.2 Å². The molecule has 0 saturated heterocycles. The highest BCUT2D eigenvalue weighted by Crippen LogP contribution is 2.22. The van der Waals surface area contributed by atoms with Crippen LogP contribution in [0.3, 0.4) is 0 Å². The lowest BCUT2D eigenvalue weighted by atomic mass is 10.1. The number of aliphatic hydroxyl groups is 1. The van der Waals surface area contributed by atoms with Gasteiger partial charge in [0.25, 0.3) is 0 Å². The van der Waals surface area contributed by atoms with Crippen LogP contribution in [0.25, 0.3) is 11.0 Å². The minimum absolute atomic E-state index is 0.447. The van der Waals surface area contributed by atoms with Gasteiger partial charge in [0.2, 0.25) is 0 Å². The van der Waals surface area contributed by atoms with E-state index in [4.69, 9.17) is 0 Å². The Kier molecular flexibility index (Phi) is 2.84. The molecule has 1 heterocycles. The Morgan fingerprint density at radius 1 is 1.50 bits per heavy atom. The van der Waals surface area contributed by atoms with E-state index in [0.29, 0.717) is 12.6 Å². The van der Waals surface area contributed by atoms with Crippen molar-refractivity contribution in [2.45, 2.75) is 31.9 Å². The number of aromatic nitrogens is 2. The van der Waals surface area contributed by atoms with Crippen LogP contribution in [0.5, 0.6) is 0 Å². The summed E-state index contributed by atoms with van der Waals surface area (Å²) in [5.41, 5.74) is 3.00. The van der Waals surface area contributed by atoms with Crippen molar-refractivity contribution in [3.63, 3.8) is 0 Å². The first-order valence-corrected chi connectivity index (χ1v) is 6.49. The summed E-state index contributed by atoms with van der Waals surface area (Å²) in [5, 5.41) is 13.5. The summed E-state index contributed by atoms with van der Waals surface area (Å²) in [6.07, 6.45) is 2.04. The number of nitrogens with one attached hydrogen (secondary N) is 1. The van der Waals surface area contributed by atoms with Crippen LogP contribution < -0.4 is 5.32 Å². The minimum Gasteiger partial charge on any atom is -0.387 e. The summed E-state index contributed by atoms with van der Waals surface area (Å²) in [6.45, 7) is 2.62. The largest absolute Gasteiger partial charge is 0.387 e. The maximum atomic E-state index is 10.1. The summed E-state index contributed by atoms with van der Waals surface area (Å²) in [7, 11) is 2.01. The quantitative estimate of drug-likeness (QED) is 0.861. The Morgan fingerprint density at radius 2 is 2.28 bits per heavy atom. The zero-order chi connectivity index (χ0) is 12.7. The molecule has 1 aromatic carbocycles. The van der Waals surface area contributed by atoms with Crippen molar-refractivity contribution in [3.8, 4) is 0 Å². The van der Waals surface area contributed by atoms with Crippen LogP contribution in [0.4, 0.5) is 0 Å². The topological polar surface area (TPSA) is 50.1 Å². The van der Waals surface area contributed by atoms with E-state index in [9.17, 15) is 5.11 Å². The normalized spacial score (nSPS) is 17.3. The minimum atomic E-state index is -0.447. The van der Waals surface area contributed by atoms with Crippen LogP contribution >= 0.6 is 0 Å². The first-order chi connectivity index (χ1) is 8.65. The smallest absolute Gasteiger partial charge is 0.106 e. The third kappa shape index (κ3) is 2.13. The summed E-state index contributed by atoms with van der Waals surface area (Å²) in [4.78, 5) is 4.49. The van der Waals surface area contributed by atoms with Gasteiger partial charge >= 0.3 is 0 Å². The van der Waals surface area contributed by atoms with Crippen molar-refractivity contribution in [2.75, 3.05) is 6.54 Å². The van der Waals surface area contributed by atoms with Gasteiger partial charge in [-0.2, -0.15) is 0 Å². The van der Waals surface area contributed by atoms with Crippen LogP contribution in [-0.2, 0) is 7.05 Å². The predicted octanol–water partition coefficient (Wildman–Crippen LogP) is 1.67. The molecule has 2 aromatic rings. The third-order valence-corrected chi connectivity index (χ3v) is 3.69. The lowest BCUT2D eigenvalue weighted by Gasteiger charge is -2.11. The number of imidazole rings is 1. The molecule has 0 radical (unpaired) electrons. The zero-order valence-corrected chi connectivity index (χ0v) is 10.8. The first kappa shape index (κ1) is 11.7. The van der Waals surface area contributed by atoms with E-state index >= 15 is 0 Å². The molecule has 4 nitrogen and oxygen atoms in total. The molecule has 1 aliphatic rings. The number of benzene rings is 1. The van der Waals surface area contributed by atoms with Crippen molar-refractivity contribution in [2.24, 2.45) is 7.05 Å². The van der Waals surface area contributed by atoms with Crippen molar-refractivity contribution in [1.82, 2.24) is 14.9 Å². The number of hydrogen-bond acceptors (Lipinski definition) is 3. The van der Waals surface area contributed by atoms with Gasteiger partial charge in [-0.05, 0) is 37.5 Å². The lowest BCUT2D eigenvalue weighted by Crippen LogP contribution is -2.23. The lowest BCUT2D eigenvalue weighted by molar-refractivity contribution is 0.174. The molecular formula is C14H19N3O. The molecule has 0 bridgehead atoms. The number of nitrogens with zero attached hydrogens (tertiary/aromatic N) is 2. The van der Waals surface area contributed by atoms with E-state index in [1.807, 2.05) is 32.2 Å². The third-order valence-electron chi connectivity index (χ3n) is 3.69. The van der Waals surface area contributed by atoms with E-state index in [2.05, 4.69) is 14.9 Å². The Bertz CT molecular complexity index is 572. The van der Waals surface area contributed by atoms with Crippen LogP contribution in [0.2, 0.25) is 0 Å². The van der Waals surface area contributed by atoms with E-state index in [-0.39, 0.29) is 0 Å². The molecule has 1 aliphatic carbocycles. The van der Waals surface area contributed by atoms with Gasteiger partial charge in [-0.1, -0.05) is 6.07 Å². The number of aliphatic hydroxyl groups excluding tert-OH is 1. The second-order valence-corrected chi connectivity index (χ2v) is 5.16. The Hall–Kier alpha value is -1.39. The van der Waals surface area contributed by atoms with E-state index < -0.39 is 6.10 Å². The van der Waals surface area contributed by atoms with Crippen molar-refractivity contribution in [1.29, 1.82) is 0 Å². The molecule has 1 atom stereocenters. The molecule has 0 spiro atoms. The Labute approximate surface area is 107 Å². The first-order valence-electron chi connectivity index (χ1n) is 6.49. The van der Waals surface area contributed by atoms with Crippen molar-refractivity contribution < 1.29 is 5.11 Å². The van der Waals surface area contributed by atoms with Gasteiger partial charge in [0.05, 0.1) is 17.1 Å². The van der Waals surface area contributed by atoms with Gasteiger partial charge in [-0.15, -0.1) is 0 Å². The molecule has 0 amide bonds. The van der Waals surface area contributed by atoms with Gasteiger partial charge < -0.3 is 15.0 Å². The molecule has 4 heteroatoms. The summed E-state index contributed by atoms with van der Waals surface area (Å²) in [6, 6.07) is 6.63. The highest BCUT2D eigenvalue weighted by Gasteiger charge is 2.21. The average Bonchev–Trinajstić information content (AvgIpc) is 3.14. The monoisotopic (exact) mass is 245 g/mol. The van der Waals surface area contributed by atoms with Crippen molar-refractivity contribution in [3.05, 3.63) is 29.6 Å². The maximum Gasteiger partial charge on any atom is 0.106 e. The van der Waals surface area contributed by atoms with Gasteiger partial charge in [0.1, 0.15) is 5.82 Å². The summed E-state index contributed by atoms with van der Waals surface area (Å²) >= 11 is 0. The van der Waals surface area contributed by atoms with E-state index in [0.717, 1.165) is 22.4 Å². The average molecular weight is 245 g/mol. The molecule has 3 rings (SSSR count). The number of fused-ring (bicyclic) bond motifs is 1. The standard InChI is InChI=1S/C14H19N3O/c1-9-16-12-7-10(3-6-13(12)17(9)2)14(18)8-15-11-4-5-11/h3,6-7,11,14-15,18H,4-5,8H2,1-2H3. The number of aryl methyl sites for hydroxylation is 2. The SMILES string of the molecule is Cc1nc2cc(C(O)CNC3CC3)ccc2n1C. The Morgan fingerprint density at radius 3 is 3.00 bits per heavy atom. The Balaban J connectivity index is 1.82. The molecule has 18 heavy (non-hydrogen) atoms. The van der Waals surface area contributed by atoms with Crippen LogP contribution in [0, 0.1) is 6.92 Å².